The summed E-state index contributed by atoms with van der Waals surface area (Å²) in [4.78, 5) is 29.6. The molecule has 2 amide bonds. The van der Waals surface area contributed by atoms with Crippen molar-refractivity contribution in [2.45, 2.75) is 0 Å². The van der Waals surface area contributed by atoms with Crippen LogP contribution in [0.3, 0.4) is 0 Å². The number of aromatic nitrogens is 1. The van der Waals surface area contributed by atoms with Crippen molar-refractivity contribution < 1.29 is 14.7 Å². The zero-order valence-corrected chi connectivity index (χ0v) is 9.74. The lowest BCUT2D eigenvalue weighted by atomic mass is 10.3. The standard InChI is InChI=1S/C11H14N4O3/c12-10(17)11(18)15-5-3-14(4-6-15)9-2-1-8(16)7-13-9/h1-2,7,16H,3-6H2,(H2,12,17). The second-order valence-corrected chi connectivity index (χ2v) is 4.02. The Morgan fingerprint density at radius 3 is 2.39 bits per heavy atom. The van der Waals surface area contributed by atoms with Crippen molar-refractivity contribution in [3.05, 3.63) is 18.3 Å². The molecule has 96 valence electrons. The van der Waals surface area contributed by atoms with Gasteiger partial charge in [0.2, 0.25) is 0 Å². The fourth-order valence-electron chi connectivity index (χ4n) is 1.86. The van der Waals surface area contributed by atoms with E-state index in [1.165, 1.54) is 11.1 Å². The molecule has 1 fully saturated rings. The van der Waals surface area contributed by atoms with Crippen LogP contribution < -0.4 is 10.6 Å². The van der Waals surface area contributed by atoms with Crippen LogP contribution in [-0.2, 0) is 9.59 Å². The van der Waals surface area contributed by atoms with Crippen molar-refractivity contribution in [1.29, 1.82) is 0 Å². The van der Waals surface area contributed by atoms with Crippen molar-refractivity contribution in [3.8, 4) is 5.75 Å². The minimum absolute atomic E-state index is 0.112. The van der Waals surface area contributed by atoms with Crippen LogP contribution in [-0.4, -0.2) is 53.0 Å². The van der Waals surface area contributed by atoms with Gasteiger partial charge in [-0.15, -0.1) is 0 Å². The summed E-state index contributed by atoms with van der Waals surface area (Å²) in [6, 6.07) is 3.27. The number of anilines is 1. The number of rotatable bonds is 1. The maximum atomic E-state index is 11.4. The molecule has 1 saturated heterocycles. The number of primary amides is 1. The Labute approximate surface area is 104 Å². The van der Waals surface area contributed by atoms with E-state index in [1.807, 2.05) is 4.90 Å². The van der Waals surface area contributed by atoms with Gasteiger partial charge in [-0.25, -0.2) is 4.98 Å². The Morgan fingerprint density at radius 2 is 1.89 bits per heavy atom. The lowest BCUT2D eigenvalue weighted by molar-refractivity contribution is -0.144. The lowest BCUT2D eigenvalue weighted by Crippen LogP contribution is -2.52. The maximum Gasteiger partial charge on any atom is 0.311 e. The monoisotopic (exact) mass is 250 g/mol. The fourth-order valence-corrected chi connectivity index (χ4v) is 1.86. The van der Waals surface area contributed by atoms with Crippen molar-refractivity contribution in [1.82, 2.24) is 9.88 Å². The molecule has 0 unspecified atom stereocenters. The summed E-state index contributed by atoms with van der Waals surface area (Å²) in [6.45, 7) is 2.03. The van der Waals surface area contributed by atoms with E-state index >= 15 is 0 Å². The molecule has 7 nitrogen and oxygen atoms in total. The van der Waals surface area contributed by atoms with Crippen LogP contribution in [0.5, 0.6) is 5.75 Å². The first-order valence-electron chi connectivity index (χ1n) is 5.56. The number of pyridine rings is 1. The van der Waals surface area contributed by atoms with E-state index in [4.69, 9.17) is 10.8 Å². The summed E-state index contributed by atoms with van der Waals surface area (Å²) in [6.07, 6.45) is 1.37. The van der Waals surface area contributed by atoms with Gasteiger partial charge in [0.25, 0.3) is 0 Å². The van der Waals surface area contributed by atoms with Gasteiger partial charge in [-0.3, -0.25) is 9.59 Å². The van der Waals surface area contributed by atoms with E-state index in [0.717, 1.165) is 5.82 Å². The smallest absolute Gasteiger partial charge is 0.311 e. The molecule has 0 atom stereocenters. The topological polar surface area (TPSA) is 99.8 Å². The van der Waals surface area contributed by atoms with E-state index in [2.05, 4.69) is 4.98 Å². The maximum absolute atomic E-state index is 11.4. The predicted octanol–water partition coefficient (Wildman–Crippen LogP) is -1.08. The van der Waals surface area contributed by atoms with Crippen LogP contribution in [0.1, 0.15) is 0 Å². The van der Waals surface area contributed by atoms with Gasteiger partial charge in [-0.1, -0.05) is 0 Å². The molecule has 0 spiro atoms. The first-order valence-corrected chi connectivity index (χ1v) is 5.56. The van der Waals surface area contributed by atoms with E-state index < -0.39 is 11.8 Å². The number of piperazine rings is 1. The zero-order valence-electron chi connectivity index (χ0n) is 9.74. The largest absolute Gasteiger partial charge is 0.506 e. The number of amides is 2. The molecule has 2 heterocycles. The van der Waals surface area contributed by atoms with E-state index in [9.17, 15) is 9.59 Å². The number of nitrogens with two attached hydrogens (primary N) is 1. The van der Waals surface area contributed by atoms with E-state index in [-0.39, 0.29) is 5.75 Å². The molecule has 3 N–H and O–H groups in total. The molecule has 1 aromatic rings. The Kier molecular flexibility index (Phi) is 3.31. The molecular formula is C11H14N4O3. The second kappa shape index (κ2) is 4.91. The van der Waals surface area contributed by atoms with Crippen LogP contribution in [0, 0.1) is 0 Å². The molecule has 18 heavy (non-hydrogen) atoms. The molecule has 0 radical (unpaired) electrons. The summed E-state index contributed by atoms with van der Waals surface area (Å²) in [5.74, 6) is -0.722. The molecule has 0 aromatic carbocycles. The SMILES string of the molecule is NC(=O)C(=O)N1CCN(c2ccc(O)cn2)CC1. The highest BCUT2D eigenvalue weighted by Gasteiger charge is 2.24. The summed E-state index contributed by atoms with van der Waals surface area (Å²) in [5.41, 5.74) is 4.95. The molecule has 1 aliphatic rings. The van der Waals surface area contributed by atoms with Gasteiger partial charge in [-0.2, -0.15) is 0 Å². The first kappa shape index (κ1) is 12.2. The van der Waals surface area contributed by atoms with Gasteiger partial charge in [0, 0.05) is 26.2 Å². The number of nitrogens with zero attached hydrogens (tertiary/aromatic N) is 3. The summed E-state index contributed by atoms with van der Waals surface area (Å²) >= 11 is 0. The predicted molar refractivity (Wildman–Crippen MR) is 63.9 cm³/mol. The van der Waals surface area contributed by atoms with Gasteiger partial charge >= 0.3 is 11.8 Å². The molecule has 1 aliphatic heterocycles. The Morgan fingerprint density at radius 1 is 1.22 bits per heavy atom. The fraction of sp³-hybridized carbons (Fsp3) is 0.364. The van der Waals surface area contributed by atoms with Gasteiger partial charge in [0.05, 0.1) is 6.20 Å². The highest BCUT2D eigenvalue weighted by Crippen LogP contribution is 2.16. The van der Waals surface area contributed by atoms with Crippen molar-refractivity contribution in [2.75, 3.05) is 31.1 Å². The van der Waals surface area contributed by atoms with Crippen LogP contribution in [0.4, 0.5) is 5.82 Å². The summed E-state index contributed by atoms with van der Waals surface area (Å²) < 4.78 is 0. The molecule has 7 heteroatoms. The number of carbonyl (C=O) groups excluding carboxylic acids is 2. The van der Waals surface area contributed by atoms with Gasteiger partial charge in [0.15, 0.2) is 0 Å². The second-order valence-electron chi connectivity index (χ2n) is 4.02. The third-order valence-electron chi connectivity index (χ3n) is 2.83. The van der Waals surface area contributed by atoms with Crippen LogP contribution in [0.2, 0.25) is 0 Å². The van der Waals surface area contributed by atoms with Crippen LogP contribution >= 0.6 is 0 Å². The number of hydrogen-bond acceptors (Lipinski definition) is 5. The van der Waals surface area contributed by atoms with E-state index in [1.54, 1.807) is 12.1 Å². The lowest BCUT2D eigenvalue weighted by Gasteiger charge is -2.34. The average molecular weight is 250 g/mol. The third kappa shape index (κ3) is 2.50. The highest BCUT2D eigenvalue weighted by atomic mass is 16.3. The molecule has 0 aliphatic carbocycles. The van der Waals surface area contributed by atoms with Crippen molar-refractivity contribution in [2.24, 2.45) is 5.73 Å². The molecular weight excluding hydrogens is 236 g/mol. The van der Waals surface area contributed by atoms with Crippen molar-refractivity contribution in [3.63, 3.8) is 0 Å². The minimum Gasteiger partial charge on any atom is -0.506 e. The number of hydrogen-bond donors (Lipinski definition) is 2. The highest BCUT2D eigenvalue weighted by molar-refractivity contribution is 6.34. The summed E-state index contributed by atoms with van der Waals surface area (Å²) in [5, 5.41) is 9.15. The normalized spacial score (nSPS) is 15.6. The number of aromatic hydroxyl groups is 1. The number of carbonyl (C=O) groups is 2. The first-order chi connectivity index (χ1) is 8.58. The zero-order chi connectivity index (χ0) is 13.1. The van der Waals surface area contributed by atoms with Gasteiger partial charge < -0.3 is 20.6 Å². The quantitative estimate of drug-likeness (QED) is 0.618. The Hall–Kier alpha value is -2.31. The average Bonchev–Trinajstić information content (AvgIpc) is 2.39. The van der Waals surface area contributed by atoms with Crippen molar-refractivity contribution >= 4 is 17.6 Å². The third-order valence-corrected chi connectivity index (χ3v) is 2.83. The Bertz CT molecular complexity index is 452. The minimum atomic E-state index is -0.925. The van der Waals surface area contributed by atoms with Crippen LogP contribution in [0.15, 0.2) is 18.3 Å². The van der Waals surface area contributed by atoms with Gasteiger partial charge in [-0.05, 0) is 12.1 Å². The molecule has 0 bridgehead atoms. The Balaban J connectivity index is 1.96. The van der Waals surface area contributed by atoms with Crippen LogP contribution in [0.25, 0.3) is 0 Å². The molecule has 0 saturated carbocycles. The van der Waals surface area contributed by atoms with E-state index in [0.29, 0.717) is 26.2 Å². The van der Waals surface area contributed by atoms with Gasteiger partial charge in [0.1, 0.15) is 11.6 Å². The molecule has 2 rings (SSSR count). The molecule has 1 aromatic heterocycles. The summed E-state index contributed by atoms with van der Waals surface area (Å²) in [7, 11) is 0.